The van der Waals surface area contributed by atoms with Gasteiger partial charge >= 0.3 is 10.1 Å². The lowest BCUT2D eigenvalue weighted by Crippen LogP contribution is -2.17. The van der Waals surface area contributed by atoms with Gasteiger partial charge in [-0.3, -0.25) is 0 Å². The molecule has 0 saturated carbocycles. The molecule has 4 aromatic rings. The molecule has 0 saturated heterocycles. The third kappa shape index (κ3) is 10.0. The van der Waals surface area contributed by atoms with Gasteiger partial charge in [0.05, 0.1) is 6.61 Å². The summed E-state index contributed by atoms with van der Waals surface area (Å²) in [7, 11) is -8.63. The van der Waals surface area contributed by atoms with E-state index in [1.54, 1.807) is 36.4 Å². The van der Waals surface area contributed by atoms with Crippen molar-refractivity contribution in [3.05, 3.63) is 84.9 Å². The first-order valence-electron chi connectivity index (χ1n) is 16.0. The molecule has 0 unspecified atom stereocenters. The predicted molar refractivity (Wildman–Crippen MR) is 182 cm³/mol. The van der Waals surface area contributed by atoms with Crippen LogP contribution >= 0.6 is 0 Å². The number of para-hydroxylation sites is 1. The van der Waals surface area contributed by atoms with E-state index in [4.69, 9.17) is 14.1 Å². The average Bonchev–Trinajstić information content (AvgIpc) is 3.03. The lowest BCUT2D eigenvalue weighted by molar-refractivity contribution is 0.305. The predicted octanol–water partition coefficient (Wildman–Crippen LogP) is 9.00. The molecular weight excluding hydrogens is 607 g/mol. The van der Waals surface area contributed by atoms with Crippen molar-refractivity contribution in [2.45, 2.75) is 93.8 Å². The van der Waals surface area contributed by atoms with Crippen LogP contribution in [0.4, 0.5) is 0 Å². The van der Waals surface area contributed by atoms with Crippen molar-refractivity contribution >= 4 is 30.9 Å². The third-order valence-corrected chi connectivity index (χ3v) is 10.1. The maximum absolute atomic E-state index is 12.9. The highest BCUT2D eigenvalue weighted by Gasteiger charge is 2.25. The Morgan fingerprint density at radius 1 is 0.622 bits per heavy atom. The quantitative estimate of drug-likeness (QED) is 0.0800. The number of nitrogens with two attached hydrogens (primary N) is 1. The van der Waals surface area contributed by atoms with E-state index in [0.29, 0.717) is 12.0 Å². The van der Waals surface area contributed by atoms with E-state index < -0.39 is 20.1 Å². The van der Waals surface area contributed by atoms with Crippen molar-refractivity contribution in [2.75, 3.05) is 6.61 Å². The van der Waals surface area contributed by atoms with Crippen LogP contribution in [0.1, 0.15) is 84.0 Å². The van der Waals surface area contributed by atoms with Crippen molar-refractivity contribution in [2.24, 2.45) is 5.14 Å². The van der Waals surface area contributed by atoms with Crippen molar-refractivity contribution in [3.8, 4) is 22.6 Å². The molecule has 0 amide bonds. The average molecular weight is 652 g/mol. The second-order valence-corrected chi connectivity index (χ2v) is 14.5. The first-order chi connectivity index (χ1) is 21.7. The van der Waals surface area contributed by atoms with Crippen LogP contribution in [0.3, 0.4) is 0 Å². The lowest BCUT2D eigenvalue weighted by atomic mass is 10.0. The fourth-order valence-corrected chi connectivity index (χ4v) is 7.41. The van der Waals surface area contributed by atoms with Gasteiger partial charge in [-0.25, -0.2) is 13.6 Å². The number of sulfonamides is 1. The topological polar surface area (TPSA) is 113 Å². The Labute approximate surface area is 268 Å². The summed E-state index contributed by atoms with van der Waals surface area (Å²) in [5, 5.41) is 6.40. The van der Waals surface area contributed by atoms with Crippen molar-refractivity contribution in [1.29, 1.82) is 0 Å². The summed E-state index contributed by atoms with van der Waals surface area (Å²) in [4.78, 5) is -0.483. The second-order valence-electron chi connectivity index (χ2n) is 11.5. The van der Waals surface area contributed by atoms with Crippen LogP contribution in [-0.2, 0) is 20.1 Å². The van der Waals surface area contributed by atoms with Gasteiger partial charge in [0.15, 0.2) is 5.75 Å². The molecule has 0 aliphatic rings. The second kappa shape index (κ2) is 16.8. The summed E-state index contributed by atoms with van der Waals surface area (Å²) in [5.74, 6) is 0.397. The Balaban J connectivity index is 1.40. The minimum atomic E-state index is -4.35. The number of primary sulfonamides is 1. The Hall–Kier alpha value is -3.40. The third-order valence-electron chi connectivity index (χ3n) is 7.90. The maximum atomic E-state index is 12.9. The van der Waals surface area contributed by atoms with E-state index in [0.717, 1.165) is 29.7 Å². The molecular formula is C36H45NO6S2. The van der Waals surface area contributed by atoms with Crippen molar-refractivity contribution < 1.29 is 25.8 Å². The summed E-state index contributed by atoms with van der Waals surface area (Å²) in [5.41, 5.74) is 1.71. The molecule has 7 nitrogen and oxygen atoms in total. The van der Waals surface area contributed by atoms with Crippen LogP contribution in [0.2, 0.25) is 0 Å². The molecule has 4 rings (SSSR count). The fraction of sp³-hybridized carbons (Fsp3) is 0.389. The van der Waals surface area contributed by atoms with E-state index in [1.165, 1.54) is 82.4 Å². The van der Waals surface area contributed by atoms with Crippen LogP contribution < -0.4 is 14.1 Å². The first kappa shape index (κ1) is 34.5. The highest BCUT2D eigenvalue weighted by atomic mass is 32.2. The van der Waals surface area contributed by atoms with Gasteiger partial charge < -0.3 is 8.92 Å². The summed E-state index contributed by atoms with van der Waals surface area (Å²) < 4.78 is 62.6. The van der Waals surface area contributed by atoms with E-state index >= 15 is 0 Å². The summed E-state index contributed by atoms with van der Waals surface area (Å²) in [6.45, 7) is 2.87. The summed E-state index contributed by atoms with van der Waals surface area (Å²) in [6, 6.07) is 23.5. The lowest BCUT2D eigenvalue weighted by Gasteiger charge is -2.15. The van der Waals surface area contributed by atoms with Crippen LogP contribution in [0, 0.1) is 0 Å². The van der Waals surface area contributed by atoms with Crippen LogP contribution in [0.15, 0.2) is 94.7 Å². The molecule has 0 radical (unpaired) electrons. The standard InChI is InChI=1S/C36H45NO6S2/c1-2-3-4-5-6-7-8-9-10-11-12-18-27-42-34-22-17-16-21-32(34)29-23-25-33-30(28-29)24-26-35(36(33)44(37,38)39)43-45(40,41)31-19-14-13-15-20-31/h13-17,19-26,28H,2-12,18,27H2,1H3,(H2,37,38,39). The van der Waals surface area contributed by atoms with E-state index in [2.05, 4.69) is 6.92 Å². The van der Waals surface area contributed by atoms with Gasteiger partial charge in [-0.1, -0.05) is 132 Å². The number of hydrogen-bond donors (Lipinski definition) is 1. The normalized spacial score (nSPS) is 12.0. The van der Waals surface area contributed by atoms with E-state index in [-0.39, 0.29) is 20.9 Å². The molecule has 45 heavy (non-hydrogen) atoms. The van der Waals surface area contributed by atoms with Crippen LogP contribution in [-0.4, -0.2) is 23.4 Å². The number of rotatable bonds is 19. The van der Waals surface area contributed by atoms with E-state index in [1.807, 2.05) is 30.3 Å². The minimum absolute atomic E-state index is 0.0964. The Morgan fingerprint density at radius 3 is 1.87 bits per heavy atom. The summed E-state index contributed by atoms with van der Waals surface area (Å²) in [6.07, 6.45) is 15.4. The number of ether oxygens (including phenoxy) is 1. The molecule has 2 N–H and O–H groups in total. The minimum Gasteiger partial charge on any atom is -0.493 e. The maximum Gasteiger partial charge on any atom is 0.339 e. The molecule has 0 heterocycles. The Kier molecular flexibility index (Phi) is 12.9. The Bertz CT molecular complexity index is 1740. The number of benzene rings is 4. The Morgan fingerprint density at radius 2 is 1.22 bits per heavy atom. The molecule has 0 spiro atoms. The van der Waals surface area contributed by atoms with Gasteiger partial charge in [-0.05, 0) is 47.7 Å². The molecule has 0 fully saturated rings. The molecule has 0 aliphatic carbocycles. The SMILES string of the molecule is CCCCCCCCCCCCCCOc1ccccc1-c1ccc2c(S(N)(=O)=O)c(OS(=O)(=O)c3ccccc3)ccc2c1. The highest BCUT2D eigenvalue weighted by Crippen LogP contribution is 2.37. The van der Waals surface area contributed by atoms with Crippen LogP contribution in [0.25, 0.3) is 21.9 Å². The van der Waals surface area contributed by atoms with E-state index in [9.17, 15) is 16.8 Å². The van der Waals surface area contributed by atoms with Crippen LogP contribution in [0.5, 0.6) is 11.5 Å². The monoisotopic (exact) mass is 651 g/mol. The number of unbranched alkanes of at least 4 members (excludes halogenated alkanes) is 11. The number of fused-ring (bicyclic) bond motifs is 1. The molecule has 0 bridgehead atoms. The van der Waals surface area contributed by atoms with Crippen molar-refractivity contribution in [1.82, 2.24) is 0 Å². The fourth-order valence-electron chi connectivity index (χ4n) is 5.52. The zero-order valence-electron chi connectivity index (χ0n) is 26.1. The van der Waals surface area contributed by atoms with Gasteiger partial charge in [0.25, 0.3) is 0 Å². The summed E-state index contributed by atoms with van der Waals surface area (Å²) >= 11 is 0. The smallest absolute Gasteiger partial charge is 0.339 e. The highest BCUT2D eigenvalue weighted by molar-refractivity contribution is 7.89. The zero-order valence-corrected chi connectivity index (χ0v) is 27.8. The molecule has 4 aromatic carbocycles. The molecule has 0 atom stereocenters. The first-order valence-corrected chi connectivity index (χ1v) is 19.0. The van der Waals surface area contributed by atoms with Gasteiger partial charge in [0.1, 0.15) is 15.5 Å². The zero-order chi connectivity index (χ0) is 32.1. The molecule has 0 aromatic heterocycles. The van der Waals surface area contributed by atoms with Gasteiger partial charge in [0, 0.05) is 10.9 Å². The van der Waals surface area contributed by atoms with Gasteiger partial charge in [0.2, 0.25) is 10.0 Å². The van der Waals surface area contributed by atoms with Crippen molar-refractivity contribution in [3.63, 3.8) is 0 Å². The molecule has 242 valence electrons. The number of hydrogen-bond acceptors (Lipinski definition) is 6. The molecule has 0 aliphatic heterocycles. The van der Waals surface area contributed by atoms with Gasteiger partial charge in [-0.2, -0.15) is 8.42 Å². The molecule has 9 heteroatoms. The van der Waals surface area contributed by atoms with Gasteiger partial charge in [-0.15, -0.1) is 0 Å². The largest absolute Gasteiger partial charge is 0.493 e.